The molecule has 0 saturated heterocycles. The Morgan fingerprint density at radius 3 is 2.71 bits per heavy atom. The van der Waals surface area contributed by atoms with Gasteiger partial charge in [-0.2, -0.15) is 13.2 Å². The van der Waals surface area contributed by atoms with Crippen molar-refractivity contribution in [1.29, 1.82) is 0 Å². The molecular formula is C14H9F3N2O2. The summed E-state index contributed by atoms with van der Waals surface area (Å²) in [5.74, 6) is 0.209. The first kappa shape index (κ1) is 13.4. The lowest BCUT2D eigenvalue weighted by Crippen LogP contribution is -2.14. The fourth-order valence-electron chi connectivity index (χ4n) is 2.25. The molecule has 7 heteroatoms. The number of aromatic nitrogens is 2. The summed E-state index contributed by atoms with van der Waals surface area (Å²) in [6.07, 6.45) is -3.19. The minimum Gasteiger partial charge on any atom is -0.496 e. The Morgan fingerprint density at radius 1 is 1.29 bits per heavy atom. The Balaban J connectivity index is 2.55. The van der Waals surface area contributed by atoms with E-state index in [9.17, 15) is 18.0 Å². The first-order valence-corrected chi connectivity index (χ1v) is 5.98. The van der Waals surface area contributed by atoms with Crippen molar-refractivity contribution in [2.75, 3.05) is 7.11 Å². The number of methoxy groups -OCH3 is 1. The smallest absolute Gasteiger partial charge is 0.431 e. The first-order chi connectivity index (χ1) is 9.91. The lowest BCUT2D eigenvalue weighted by Gasteiger charge is -2.11. The highest BCUT2D eigenvalue weighted by Crippen LogP contribution is 2.32. The third kappa shape index (κ3) is 2.10. The predicted octanol–water partition coefficient (Wildman–Crippen LogP) is 3.10. The summed E-state index contributed by atoms with van der Waals surface area (Å²) < 4.78 is 43.7. The van der Waals surface area contributed by atoms with E-state index < -0.39 is 17.3 Å². The van der Waals surface area contributed by atoms with Crippen LogP contribution in [0.4, 0.5) is 13.2 Å². The molecule has 0 amide bonds. The molecule has 0 unspecified atom stereocenters. The number of aromatic amines is 1. The van der Waals surface area contributed by atoms with Gasteiger partial charge in [0.2, 0.25) is 0 Å². The molecule has 3 aromatic rings. The fraction of sp³-hybridized carbons (Fsp3) is 0.143. The first-order valence-electron chi connectivity index (χ1n) is 5.98. The monoisotopic (exact) mass is 294 g/mol. The summed E-state index contributed by atoms with van der Waals surface area (Å²) in [5, 5.41) is 0.633. The largest absolute Gasteiger partial charge is 0.496 e. The maximum atomic E-state index is 12.9. The fourth-order valence-corrected chi connectivity index (χ4v) is 2.25. The highest BCUT2D eigenvalue weighted by atomic mass is 19.4. The maximum absolute atomic E-state index is 12.9. The van der Waals surface area contributed by atoms with E-state index in [1.54, 1.807) is 18.2 Å². The van der Waals surface area contributed by atoms with E-state index in [2.05, 4.69) is 9.97 Å². The quantitative estimate of drug-likeness (QED) is 0.702. The summed E-state index contributed by atoms with van der Waals surface area (Å²) >= 11 is 0. The molecule has 0 radical (unpaired) electrons. The summed E-state index contributed by atoms with van der Waals surface area (Å²) in [6.45, 7) is 0. The van der Waals surface area contributed by atoms with E-state index in [1.165, 1.54) is 13.3 Å². The molecule has 2 heterocycles. The highest BCUT2D eigenvalue weighted by Gasteiger charge is 2.33. The number of benzene rings is 1. The third-order valence-electron chi connectivity index (χ3n) is 3.17. The van der Waals surface area contributed by atoms with Crippen LogP contribution in [0.1, 0.15) is 5.69 Å². The number of pyridine rings is 2. The van der Waals surface area contributed by atoms with Gasteiger partial charge in [-0.1, -0.05) is 6.07 Å². The number of fused-ring (bicyclic) bond motifs is 3. The zero-order valence-electron chi connectivity index (χ0n) is 10.8. The van der Waals surface area contributed by atoms with Crippen molar-refractivity contribution in [1.82, 2.24) is 9.97 Å². The van der Waals surface area contributed by atoms with Crippen LogP contribution >= 0.6 is 0 Å². The van der Waals surface area contributed by atoms with Crippen LogP contribution in [0.15, 0.2) is 35.3 Å². The highest BCUT2D eigenvalue weighted by molar-refractivity contribution is 6.05. The van der Waals surface area contributed by atoms with Gasteiger partial charge in [0.15, 0.2) is 5.43 Å². The van der Waals surface area contributed by atoms with Gasteiger partial charge in [0, 0.05) is 17.6 Å². The summed E-state index contributed by atoms with van der Waals surface area (Å²) in [7, 11) is 1.36. The van der Waals surface area contributed by atoms with Crippen LogP contribution in [0.5, 0.6) is 5.75 Å². The Kier molecular flexibility index (Phi) is 2.86. The van der Waals surface area contributed by atoms with Crippen molar-refractivity contribution in [3.05, 3.63) is 46.4 Å². The van der Waals surface area contributed by atoms with Crippen LogP contribution in [-0.4, -0.2) is 17.1 Å². The summed E-state index contributed by atoms with van der Waals surface area (Å²) in [5.41, 5.74) is -1.57. The number of nitrogens with one attached hydrogen (secondary N) is 1. The maximum Gasteiger partial charge on any atom is 0.431 e. The van der Waals surface area contributed by atoms with Gasteiger partial charge in [-0.25, -0.2) is 0 Å². The third-order valence-corrected chi connectivity index (χ3v) is 3.17. The van der Waals surface area contributed by atoms with Crippen LogP contribution in [0, 0.1) is 0 Å². The van der Waals surface area contributed by atoms with Gasteiger partial charge in [-0.15, -0.1) is 0 Å². The number of ether oxygens (including phenoxy) is 1. The number of halogens is 3. The lowest BCUT2D eigenvalue weighted by molar-refractivity contribution is -0.141. The average Bonchev–Trinajstić information content (AvgIpc) is 2.45. The van der Waals surface area contributed by atoms with E-state index in [0.29, 0.717) is 11.5 Å². The molecule has 2 aromatic heterocycles. The molecule has 4 nitrogen and oxygen atoms in total. The average molecular weight is 294 g/mol. The minimum absolute atomic E-state index is 0.0183. The SMILES string of the molecule is COc1cc2cccnc2c2[nH]c(C(F)(F)F)cc(=O)c12. The van der Waals surface area contributed by atoms with Crippen molar-refractivity contribution in [3.63, 3.8) is 0 Å². The van der Waals surface area contributed by atoms with Crippen LogP contribution in [0.3, 0.4) is 0 Å². The predicted molar refractivity (Wildman–Crippen MR) is 71.4 cm³/mol. The van der Waals surface area contributed by atoms with Crippen LogP contribution in [0.2, 0.25) is 0 Å². The van der Waals surface area contributed by atoms with Crippen molar-refractivity contribution in [2.45, 2.75) is 6.18 Å². The van der Waals surface area contributed by atoms with Crippen molar-refractivity contribution in [3.8, 4) is 5.75 Å². The molecule has 0 aliphatic rings. The van der Waals surface area contributed by atoms with Gasteiger partial charge in [0.25, 0.3) is 0 Å². The Hall–Kier alpha value is -2.57. The van der Waals surface area contributed by atoms with E-state index in [0.717, 1.165) is 0 Å². The summed E-state index contributed by atoms with van der Waals surface area (Å²) in [6, 6.07) is 5.44. The van der Waals surface area contributed by atoms with Gasteiger partial charge >= 0.3 is 6.18 Å². The number of nitrogens with zero attached hydrogens (tertiary/aromatic N) is 1. The Bertz CT molecular complexity index is 900. The van der Waals surface area contributed by atoms with Crippen LogP contribution in [0.25, 0.3) is 21.8 Å². The van der Waals surface area contributed by atoms with Crippen molar-refractivity contribution < 1.29 is 17.9 Å². The Morgan fingerprint density at radius 2 is 2.05 bits per heavy atom. The normalized spacial score (nSPS) is 12.0. The molecule has 0 saturated carbocycles. The van der Waals surface area contributed by atoms with E-state index in [1.807, 2.05) is 0 Å². The molecule has 0 aliphatic carbocycles. The molecule has 108 valence electrons. The van der Waals surface area contributed by atoms with Crippen LogP contribution in [-0.2, 0) is 6.18 Å². The molecule has 0 aliphatic heterocycles. The van der Waals surface area contributed by atoms with Crippen LogP contribution < -0.4 is 10.2 Å². The Labute approximate surface area is 116 Å². The van der Waals surface area contributed by atoms with Gasteiger partial charge in [-0.05, 0) is 12.1 Å². The standard InChI is InChI=1S/C14H9F3N2O2/c1-21-9-5-7-3-2-4-18-12(7)13-11(9)8(20)6-10(19-13)14(15,16)17/h2-6H,1H3,(H,19,20). The molecule has 0 fully saturated rings. The van der Waals surface area contributed by atoms with E-state index in [-0.39, 0.29) is 22.2 Å². The molecule has 0 bridgehead atoms. The molecule has 21 heavy (non-hydrogen) atoms. The second-order valence-corrected chi connectivity index (χ2v) is 4.45. The molecule has 1 N–H and O–H groups in total. The molecule has 1 aromatic carbocycles. The zero-order chi connectivity index (χ0) is 15.2. The summed E-state index contributed by atoms with van der Waals surface area (Å²) in [4.78, 5) is 18.4. The number of rotatable bonds is 1. The van der Waals surface area contributed by atoms with Gasteiger partial charge < -0.3 is 9.72 Å². The topological polar surface area (TPSA) is 55.0 Å². The minimum atomic E-state index is -4.64. The number of H-pyrrole nitrogens is 1. The number of hydrogen-bond donors (Lipinski definition) is 1. The van der Waals surface area contributed by atoms with Gasteiger partial charge in [0.05, 0.1) is 23.5 Å². The molecule has 3 rings (SSSR count). The van der Waals surface area contributed by atoms with Crippen molar-refractivity contribution in [2.24, 2.45) is 0 Å². The van der Waals surface area contributed by atoms with Crippen molar-refractivity contribution >= 4 is 21.8 Å². The molecule has 0 atom stereocenters. The van der Waals surface area contributed by atoms with Gasteiger partial charge in [0.1, 0.15) is 11.4 Å². The van der Waals surface area contributed by atoms with Gasteiger partial charge in [-0.3, -0.25) is 9.78 Å². The van der Waals surface area contributed by atoms with E-state index >= 15 is 0 Å². The number of hydrogen-bond acceptors (Lipinski definition) is 3. The van der Waals surface area contributed by atoms with E-state index in [4.69, 9.17) is 4.74 Å². The second-order valence-electron chi connectivity index (χ2n) is 4.45. The number of alkyl halides is 3. The zero-order valence-corrected chi connectivity index (χ0v) is 10.8. The molecule has 0 spiro atoms. The molecular weight excluding hydrogens is 285 g/mol. The second kappa shape index (κ2) is 4.47. The lowest BCUT2D eigenvalue weighted by atomic mass is 10.1.